The van der Waals surface area contributed by atoms with Gasteiger partial charge in [-0.1, -0.05) is 12.1 Å². The summed E-state index contributed by atoms with van der Waals surface area (Å²) < 4.78 is 0. The lowest BCUT2D eigenvalue weighted by Crippen LogP contribution is -2.34. The third kappa shape index (κ3) is 5.25. The maximum absolute atomic E-state index is 11.7. The quantitative estimate of drug-likeness (QED) is 0.711. The largest absolute Gasteiger partial charge is 0.349 e. The summed E-state index contributed by atoms with van der Waals surface area (Å²) in [6.45, 7) is 7.69. The highest BCUT2D eigenvalue weighted by Crippen LogP contribution is 2.10. The van der Waals surface area contributed by atoms with Crippen molar-refractivity contribution in [3.63, 3.8) is 0 Å². The van der Waals surface area contributed by atoms with Crippen LogP contribution >= 0.6 is 0 Å². The number of benzene rings is 1. The molecule has 0 spiro atoms. The highest BCUT2D eigenvalue weighted by Gasteiger charge is 2.07. The smallest absolute Gasteiger partial charge is 0.319 e. The number of hydrogen-bond acceptors (Lipinski definition) is 2. The predicted molar refractivity (Wildman–Crippen MR) is 76.3 cm³/mol. The average Bonchev–Trinajstić information content (AvgIpc) is 2.35. The van der Waals surface area contributed by atoms with Crippen molar-refractivity contribution in [3.8, 4) is 0 Å². The highest BCUT2D eigenvalue weighted by atomic mass is 16.2. The molecule has 0 radical (unpaired) electrons. The van der Waals surface area contributed by atoms with Crippen molar-refractivity contribution in [2.45, 2.75) is 19.9 Å². The summed E-state index contributed by atoms with van der Waals surface area (Å²) in [6, 6.07) is 6.51. The van der Waals surface area contributed by atoms with Crippen LogP contribution in [0.3, 0.4) is 0 Å². The first-order chi connectivity index (χ1) is 9.02. The zero-order valence-electron chi connectivity index (χ0n) is 11.2. The third-order valence-corrected chi connectivity index (χ3v) is 2.21. The lowest BCUT2D eigenvalue weighted by atomic mass is 10.2. The van der Waals surface area contributed by atoms with E-state index < -0.39 is 0 Å². The highest BCUT2D eigenvalue weighted by molar-refractivity contribution is 5.96. The third-order valence-electron chi connectivity index (χ3n) is 2.21. The monoisotopic (exact) mass is 261 g/mol. The zero-order chi connectivity index (χ0) is 14.3. The Morgan fingerprint density at radius 1 is 1.37 bits per heavy atom. The van der Waals surface area contributed by atoms with Crippen LogP contribution < -0.4 is 16.0 Å². The van der Waals surface area contributed by atoms with E-state index in [1.54, 1.807) is 30.3 Å². The minimum Gasteiger partial charge on any atom is -0.349 e. The van der Waals surface area contributed by atoms with Gasteiger partial charge < -0.3 is 16.0 Å². The van der Waals surface area contributed by atoms with Gasteiger partial charge in [0.25, 0.3) is 5.91 Å². The number of anilines is 1. The second kappa shape index (κ2) is 7.20. The van der Waals surface area contributed by atoms with Gasteiger partial charge in [0.2, 0.25) is 0 Å². The number of amides is 3. The van der Waals surface area contributed by atoms with Crippen molar-refractivity contribution in [1.29, 1.82) is 0 Å². The standard InChI is InChI=1S/C14H19N3O2/c1-4-8-15-13(18)11-6-5-7-12(9-11)17-14(19)16-10(2)3/h4-7,9-10H,1,8H2,2-3H3,(H,15,18)(H2,16,17,19). The molecule has 0 aliphatic carbocycles. The fourth-order valence-corrected chi connectivity index (χ4v) is 1.43. The molecule has 0 saturated carbocycles. The van der Waals surface area contributed by atoms with Gasteiger partial charge in [0, 0.05) is 23.8 Å². The molecule has 5 heteroatoms. The second-order valence-corrected chi connectivity index (χ2v) is 4.33. The summed E-state index contributed by atoms with van der Waals surface area (Å²) in [5.41, 5.74) is 1.06. The van der Waals surface area contributed by atoms with Gasteiger partial charge in [-0.25, -0.2) is 4.79 Å². The topological polar surface area (TPSA) is 70.2 Å². The Bertz CT molecular complexity index is 470. The molecule has 1 aromatic carbocycles. The number of rotatable bonds is 5. The van der Waals surface area contributed by atoms with Gasteiger partial charge in [0.15, 0.2) is 0 Å². The van der Waals surface area contributed by atoms with Crippen LogP contribution in [0.2, 0.25) is 0 Å². The molecule has 19 heavy (non-hydrogen) atoms. The molecule has 0 unspecified atom stereocenters. The molecule has 0 aliphatic rings. The van der Waals surface area contributed by atoms with E-state index in [4.69, 9.17) is 0 Å². The first-order valence-electron chi connectivity index (χ1n) is 6.09. The Hall–Kier alpha value is -2.30. The predicted octanol–water partition coefficient (Wildman–Crippen LogP) is 2.13. The van der Waals surface area contributed by atoms with Crippen molar-refractivity contribution in [1.82, 2.24) is 10.6 Å². The van der Waals surface area contributed by atoms with Gasteiger partial charge >= 0.3 is 6.03 Å². The van der Waals surface area contributed by atoms with Crippen LogP contribution in [0, 0.1) is 0 Å². The fraction of sp³-hybridized carbons (Fsp3) is 0.286. The maximum Gasteiger partial charge on any atom is 0.319 e. The Labute approximate surface area is 113 Å². The SMILES string of the molecule is C=CCNC(=O)c1cccc(NC(=O)NC(C)C)c1. The van der Waals surface area contributed by atoms with Crippen molar-refractivity contribution >= 4 is 17.6 Å². The van der Waals surface area contributed by atoms with E-state index in [9.17, 15) is 9.59 Å². The molecule has 0 bridgehead atoms. The van der Waals surface area contributed by atoms with E-state index in [-0.39, 0.29) is 18.0 Å². The Morgan fingerprint density at radius 2 is 2.11 bits per heavy atom. The molecular formula is C14H19N3O2. The molecule has 1 rings (SSSR count). The molecule has 3 amide bonds. The minimum absolute atomic E-state index is 0.0547. The van der Waals surface area contributed by atoms with E-state index in [2.05, 4.69) is 22.5 Å². The number of nitrogens with one attached hydrogen (secondary N) is 3. The van der Waals surface area contributed by atoms with Gasteiger partial charge in [0.05, 0.1) is 0 Å². The maximum atomic E-state index is 11.7. The summed E-state index contributed by atoms with van der Waals surface area (Å²) >= 11 is 0. The van der Waals surface area contributed by atoms with E-state index in [0.29, 0.717) is 17.8 Å². The molecule has 1 aromatic rings. The van der Waals surface area contributed by atoms with Gasteiger partial charge in [0.1, 0.15) is 0 Å². The van der Waals surface area contributed by atoms with Gasteiger partial charge in [-0.15, -0.1) is 6.58 Å². The lowest BCUT2D eigenvalue weighted by Gasteiger charge is -2.11. The minimum atomic E-state index is -0.293. The summed E-state index contributed by atoms with van der Waals surface area (Å²) in [5, 5.41) is 8.06. The van der Waals surface area contributed by atoms with Crippen molar-refractivity contribution in [3.05, 3.63) is 42.5 Å². The molecule has 5 nitrogen and oxygen atoms in total. The lowest BCUT2D eigenvalue weighted by molar-refractivity contribution is 0.0958. The van der Waals surface area contributed by atoms with Crippen molar-refractivity contribution in [2.75, 3.05) is 11.9 Å². The van der Waals surface area contributed by atoms with E-state index in [1.165, 1.54) is 0 Å². The number of hydrogen-bond donors (Lipinski definition) is 3. The summed E-state index contributed by atoms with van der Waals surface area (Å²) in [7, 11) is 0. The zero-order valence-corrected chi connectivity index (χ0v) is 11.2. The molecular weight excluding hydrogens is 242 g/mol. The molecule has 0 atom stereocenters. The van der Waals surface area contributed by atoms with E-state index in [0.717, 1.165) is 0 Å². The van der Waals surface area contributed by atoms with Crippen LogP contribution in [0.1, 0.15) is 24.2 Å². The molecule has 0 aliphatic heterocycles. The van der Waals surface area contributed by atoms with Crippen LogP contribution in [0.15, 0.2) is 36.9 Å². The Morgan fingerprint density at radius 3 is 2.74 bits per heavy atom. The fourth-order valence-electron chi connectivity index (χ4n) is 1.43. The number of urea groups is 1. The second-order valence-electron chi connectivity index (χ2n) is 4.33. The molecule has 0 saturated heterocycles. The molecule has 102 valence electrons. The van der Waals surface area contributed by atoms with Gasteiger partial charge in [-0.2, -0.15) is 0 Å². The van der Waals surface area contributed by atoms with Crippen molar-refractivity contribution < 1.29 is 9.59 Å². The van der Waals surface area contributed by atoms with Gasteiger partial charge in [-0.3, -0.25) is 4.79 Å². The molecule has 3 N–H and O–H groups in total. The Kier molecular flexibility index (Phi) is 5.60. The van der Waals surface area contributed by atoms with Crippen LogP contribution in [-0.4, -0.2) is 24.5 Å². The summed E-state index contributed by atoms with van der Waals surface area (Å²) in [4.78, 5) is 23.3. The average molecular weight is 261 g/mol. The molecule has 0 heterocycles. The van der Waals surface area contributed by atoms with Crippen LogP contribution in [0.4, 0.5) is 10.5 Å². The summed E-state index contributed by atoms with van der Waals surface area (Å²) in [6.07, 6.45) is 1.61. The van der Waals surface area contributed by atoms with Crippen LogP contribution in [-0.2, 0) is 0 Å². The van der Waals surface area contributed by atoms with Crippen LogP contribution in [0.5, 0.6) is 0 Å². The van der Waals surface area contributed by atoms with E-state index in [1.807, 2.05) is 13.8 Å². The Balaban J connectivity index is 2.68. The van der Waals surface area contributed by atoms with Crippen LogP contribution in [0.25, 0.3) is 0 Å². The van der Waals surface area contributed by atoms with Gasteiger partial charge in [-0.05, 0) is 32.0 Å². The number of carbonyl (C=O) groups is 2. The number of carbonyl (C=O) groups excluding carboxylic acids is 2. The molecule has 0 aromatic heterocycles. The molecule has 0 fully saturated rings. The van der Waals surface area contributed by atoms with E-state index >= 15 is 0 Å². The first-order valence-corrected chi connectivity index (χ1v) is 6.09. The summed E-state index contributed by atoms with van der Waals surface area (Å²) in [5.74, 6) is -0.201. The van der Waals surface area contributed by atoms with Crippen molar-refractivity contribution in [2.24, 2.45) is 0 Å². The normalized spacial score (nSPS) is 9.84. The first kappa shape index (κ1) is 14.8.